The molecule has 2 aromatic rings. The molecule has 21 heavy (non-hydrogen) atoms. The molecule has 0 spiro atoms. The van der Waals surface area contributed by atoms with Crippen LogP contribution in [0.5, 0.6) is 0 Å². The van der Waals surface area contributed by atoms with E-state index in [0.29, 0.717) is 11.7 Å². The number of pyridine rings is 1. The molecule has 0 fully saturated rings. The molecule has 4 heteroatoms. The van der Waals surface area contributed by atoms with Gasteiger partial charge in [0.05, 0.1) is 5.69 Å². The molecule has 3 nitrogen and oxygen atoms in total. The van der Waals surface area contributed by atoms with Crippen molar-refractivity contribution in [2.45, 2.75) is 33.4 Å². The minimum Gasteiger partial charge on any atom is -0.327 e. The van der Waals surface area contributed by atoms with Crippen molar-refractivity contribution in [1.29, 1.82) is 0 Å². The normalized spacial score (nSPS) is 11.0. The molecule has 1 N–H and O–H groups in total. The molecule has 0 saturated carbocycles. The molecular weight excluding hydrogens is 265 g/mol. The van der Waals surface area contributed by atoms with Crippen LogP contribution < -0.4 is 10.2 Å². The van der Waals surface area contributed by atoms with E-state index >= 15 is 0 Å². The summed E-state index contributed by atoms with van der Waals surface area (Å²) in [5, 5.41) is 3.38. The Morgan fingerprint density at radius 3 is 2.52 bits per heavy atom. The second kappa shape index (κ2) is 6.68. The van der Waals surface area contributed by atoms with Crippen LogP contribution in [0.1, 0.15) is 25.1 Å². The van der Waals surface area contributed by atoms with Crippen molar-refractivity contribution in [2.75, 3.05) is 11.9 Å². The van der Waals surface area contributed by atoms with Crippen LogP contribution in [-0.2, 0) is 6.54 Å². The molecule has 112 valence electrons. The summed E-state index contributed by atoms with van der Waals surface area (Å²) in [6.45, 7) is 7.00. The molecule has 0 aliphatic heterocycles. The lowest BCUT2D eigenvalue weighted by Gasteiger charge is -2.20. The predicted octanol–water partition coefficient (Wildman–Crippen LogP) is 3.80. The first-order valence-electron chi connectivity index (χ1n) is 7.17. The van der Waals surface area contributed by atoms with E-state index in [2.05, 4.69) is 24.1 Å². The lowest BCUT2D eigenvalue weighted by molar-refractivity contribution is 0.586. The molecule has 1 heterocycles. The number of para-hydroxylation sites is 1. The molecular formula is C17H22FN3. The maximum atomic E-state index is 13.8. The zero-order valence-electron chi connectivity index (χ0n) is 13.0. The zero-order chi connectivity index (χ0) is 15.4. The van der Waals surface area contributed by atoms with Crippen LogP contribution in [0, 0.1) is 12.7 Å². The largest absolute Gasteiger partial charge is 0.327 e. The van der Waals surface area contributed by atoms with Crippen LogP contribution in [0.25, 0.3) is 0 Å². The molecule has 0 amide bonds. The fourth-order valence-corrected chi connectivity index (χ4v) is 2.11. The van der Waals surface area contributed by atoms with Crippen LogP contribution in [0.15, 0.2) is 36.4 Å². The summed E-state index contributed by atoms with van der Waals surface area (Å²) in [4.78, 5) is 6.35. The smallest absolute Gasteiger partial charge is 0.146 e. The van der Waals surface area contributed by atoms with Crippen LogP contribution in [0.3, 0.4) is 0 Å². The van der Waals surface area contributed by atoms with E-state index in [-0.39, 0.29) is 5.82 Å². The van der Waals surface area contributed by atoms with Crippen molar-refractivity contribution < 1.29 is 4.39 Å². The maximum absolute atomic E-state index is 13.8. The second-order valence-electron chi connectivity index (χ2n) is 5.46. The van der Waals surface area contributed by atoms with Gasteiger partial charge in [0.2, 0.25) is 0 Å². The number of rotatable bonds is 5. The quantitative estimate of drug-likeness (QED) is 0.906. The number of halogens is 1. The number of aromatic nitrogens is 1. The van der Waals surface area contributed by atoms with E-state index in [9.17, 15) is 4.39 Å². The third-order valence-electron chi connectivity index (χ3n) is 3.44. The van der Waals surface area contributed by atoms with Crippen LogP contribution in [0.2, 0.25) is 0 Å². The summed E-state index contributed by atoms with van der Waals surface area (Å²) in [6, 6.07) is 11.1. The first kappa shape index (κ1) is 15.4. The van der Waals surface area contributed by atoms with Gasteiger partial charge >= 0.3 is 0 Å². The van der Waals surface area contributed by atoms with Gasteiger partial charge < -0.3 is 10.2 Å². The Morgan fingerprint density at radius 1 is 1.19 bits per heavy atom. The van der Waals surface area contributed by atoms with Gasteiger partial charge in [-0.2, -0.15) is 0 Å². The Labute approximate surface area is 125 Å². The highest BCUT2D eigenvalue weighted by molar-refractivity contribution is 5.60. The molecule has 1 aromatic carbocycles. The summed E-state index contributed by atoms with van der Waals surface area (Å²) in [7, 11) is 1.83. The van der Waals surface area contributed by atoms with Crippen molar-refractivity contribution in [1.82, 2.24) is 10.3 Å². The van der Waals surface area contributed by atoms with E-state index in [4.69, 9.17) is 0 Å². The first-order valence-corrected chi connectivity index (χ1v) is 7.17. The van der Waals surface area contributed by atoms with Gasteiger partial charge in [0.15, 0.2) is 0 Å². The molecule has 0 unspecified atom stereocenters. The lowest BCUT2D eigenvalue weighted by Crippen LogP contribution is -2.22. The number of nitrogens with one attached hydrogen (secondary N) is 1. The zero-order valence-corrected chi connectivity index (χ0v) is 13.0. The third kappa shape index (κ3) is 3.79. The molecule has 0 aliphatic rings. The monoisotopic (exact) mass is 287 g/mol. The number of hydrogen-bond donors (Lipinski definition) is 1. The second-order valence-corrected chi connectivity index (χ2v) is 5.46. The Bertz CT molecular complexity index is 611. The van der Waals surface area contributed by atoms with Crippen molar-refractivity contribution in [3.63, 3.8) is 0 Å². The number of aryl methyl sites for hydroxylation is 1. The molecule has 0 aliphatic carbocycles. The van der Waals surface area contributed by atoms with Gasteiger partial charge in [-0.3, -0.25) is 0 Å². The maximum Gasteiger partial charge on any atom is 0.146 e. The standard InChI is InChI=1S/C17H22FN3/c1-12(2)19-11-14-9-10-17(20-13(14)3)21(4)16-8-6-5-7-15(16)18/h5-10,12,19H,11H2,1-4H3. The fraction of sp³-hybridized carbons (Fsp3) is 0.353. The third-order valence-corrected chi connectivity index (χ3v) is 3.44. The summed E-state index contributed by atoms with van der Waals surface area (Å²) in [5.74, 6) is 0.496. The number of nitrogens with zero attached hydrogens (tertiary/aromatic N) is 2. The average molecular weight is 287 g/mol. The van der Waals surface area contributed by atoms with Gasteiger partial charge in [0.1, 0.15) is 11.6 Å². The van der Waals surface area contributed by atoms with Crippen molar-refractivity contribution in [3.8, 4) is 0 Å². The summed E-state index contributed by atoms with van der Waals surface area (Å²) < 4.78 is 13.8. The Morgan fingerprint density at radius 2 is 1.90 bits per heavy atom. The summed E-state index contributed by atoms with van der Waals surface area (Å²) >= 11 is 0. The minimum absolute atomic E-state index is 0.245. The Balaban J connectivity index is 2.21. The van der Waals surface area contributed by atoms with E-state index < -0.39 is 0 Å². The minimum atomic E-state index is -0.245. The van der Waals surface area contributed by atoms with Crippen molar-refractivity contribution in [3.05, 3.63) is 53.5 Å². The molecule has 1 aromatic heterocycles. The van der Waals surface area contributed by atoms with Gasteiger partial charge in [0.25, 0.3) is 0 Å². The van der Waals surface area contributed by atoms with E-state index in [0.717, 1.165) is 23.6 Å². The van der Waals surface area contributed by atoms with Gasteiger partial charge in [-0.15, -0.1) is 0 Å². The molecule has 0 bridgehead atoms. The number of hydrogen-bond acceptors (Lipinski definition) is 3. The van der Waals surface area contributed by atoms with Crippen LogP contribution in [-0.4, -0.2) is 18.1 Å². The van der Waals surface area contributed by atoms with E-state index in [1.54, 1.807) is 17.0 Å². The summed E-state index contributed by atoms with van der Waals surface area (Å²) in [5.41, 5.74) is 2.65. The predicted molar refractivity (Wildman–Crippen MR) is 85.4 cm³/mol. The topological polar surface area (TPSA) is 28.2 Å². The fourth-order valence-electron chi connectivity index (χ4n) is 2.11. The summed E-state index contributed by atoms with van der Waals surface area (Å²) in [6.07, 6.45) is 0. The van der Waals surface area contributed by atoms with Crippen molar-refractivity contribution >= 4 is 11.5 Å². The SMILES string of the molecule is Cc1nc(N(C)c2ccccc2F)ccc1CNC(C)C. The van der Waals surface area contributed by atoms with Crippen LogP contribution in [0.4, 0.5) is 15.9 Å². The van der Waals surface area contributed by atoms with E-state index in [1.165, 1.54) is 6.07 Å². The first-order chi connectivity index (χ1) is 9.99. The highest BCUT2D eigenvalue weighted by atomic mass is 19.1. The molecule has 2 rings (SSSR count). The number of benzene rings is 1. The molecule has 0 atom stereocenters. The highest BCUT2D eigenvalue weighted by Crippen LogP contribution is 2.25. The van der Waals surface area contributed by atoms with E-state index in [1.807, 2.05) is 32.2 Å². The lowest BCUT2D eigenvalue weighted by atomic mass is 10.2. The molecule has 0 saturated heterocycles. The van der Waals surface area contributed by atoms with Crippen molar-refractivity contribution in [2.24, 2.45) is 0 Å². The van der Waals surface area contributed by atoms with Gasteiger partial charge in [-0.05, 0) is 30.7 Å². The van der Waals surface area contributed by atoms with Gasteiger partial charge in [-0.25, -0.2) is 9.37 Å². The van der Waals surface area contributed by atoms with Gasteiger partial charge in [-0.1, -0.05) is 32.0 Å². The highest BCUT2D eigenvalue weighted by Gasteiger charge is 2.11. The van der Waals surface area contributed by atoms with Gasteiger partial charge in [0, 0.05) is 25.3 Å². The molecule has 0 radical (unpaired) electrons. The Kier molecular flexibility index (Phi) is 4.91. The average Bonchev–Trinajstić information content (AvgIpc) is 2.45. The number of anilines is 2. The Hall–Kier alpha value is -1.94. The van der Waals surface area contributed by atoms with Crippen LogP contribution >= 0.6 is 0 Å².